The second kappa shape index (κ2) is 20.9. The summed E-state index contributed by atoms with van der Waals surface area (Å²) in [5, 5.41) is 0. The van der Waals surface area contributed by atoms with E-state index in [0.29, 0.717) is 0 Å². The van der Waals surface area contributed by atoms with Gasteiger partial charge in [0.15, 0.2) is 0 Å². The zero-order valence-corrected chi connectivity index (χ0v) is 6.52. The van der Waals surface area contributed by atoms with Gasteiger partial charge in [-0.1, -0.05) is 0 Å². The molecule has 4 radical (unpaired) electrons. The Kier molecular flexibility index (Phi) is 208. The van der Waals surface area contributed by atoms with Crippen molar-refractivity contribution in [2.75, 3.05) is 0 Å². The second-order valence-corrected chi connectivity index (χ2v) is 0. The molecular formula is BCrMoV. The van der Waals surface area contributed by atoms with Crippen LogP contribution >= 0.6 is 0 Å². The van der Waals surface area contributed by atoms with Gasteiger partial charge in [0.25, 0.3) is 0 Å². The molecule has 0 atom stereocenters. The van der Waals surface area contributed by atoms with E-state index >= 15 is 0 Å². The van der Waals surface area contributed by atoms with Crippen LogP contribution in [0.1, 0.15) is 0 Å². The van der Waals surface area contributed by atoms with Gasteiger partial charge in [0.05, 0.1) is 0 Å². The van der Waals surface area contributed by atoms with Crippen LogP contribution in [-0.2, 0) is 57.0 Å². The summed E-state index contributed by atoms with van der Waals surface area (Å²) in [5.74, 6) is 0. The quantitative estimate of drug-likeness (QED) is 0.477. The smallest absolute Gasteiger partial charge is 0 e. The molecule has 0 amide bonds. The average molecular weight is 210 g/mol. The van der Waals surface area contributed by atoms with Crippen molar-refractivity contribution in [3.05, 3.63) is 0 Å². The van der Waals surface area contributed by atoms with Gasteiger partial charge in [0, 0.05) is 65.4 Å². The maximum Gasteiger partial charge on any atom is 0 e. The van der Waals surface area contributed by atoms with Gasteiger partial charge in [-0.2, -0.15) is 0 Å². The number of hydrogen-bond donors (Lipinski definition) is 0. The van der Waals surface area contributed by atoms with Crippen LogP contribution in [-0.4, -0.2) is 8.41 Å². The summed E-state index contributed by atoms with van der Waals surface area (Å²) in [6, 6.07) is 0. The van der Waals surface area contributed by atoms with E-state index in [1.54, 1.807) is 0 Å². The van der Waals surface area contributed by atoms with Crippen LogP contribution in [0.5, 0.6) is 0 Å². The molecule has 0 spiro atoms. The summed E-state index contributed by atoms with van der Waals surface area (Å²) in [6.45, 7) is 0. The minimum Gasteiger partial charge on any atom is 0 e. The van der Waals surface area contributed by atoms with E-state index in [2.05, 4.69) is 0 Å². The van der Waals surface area contributed by atoms with E-state index in [4.69, 9.17) is 0 Å². The van der Waals surface area contributed by atoms with Crippen LogP contribution in [0.3, 0.4) is 0 Å². The molecule has 0 unspecified atom stereocenters. The molecule has 0 saturated heterocycles. The van der Waals surface area contributed by atoms with Gasteiger partial charge < -0.3 is 0 Å². The van der Waals surface area contributed by atoms with Crippen molar-refractivity contribution in [3.63, 3.8) is 0 Å². The molecule has 0 heterocycles. The van der Waals surface area contributed by atoms with E-state index in [0.717, 1.165) is 0 Å². The average Bonchev–Trinajstić information content (AvgIpc) is 0. The van der Waals surface area contributed by atoms with Crippen LogP contribution in [0.2, 0.25) is 0 Å². The molecule has 0 aromatic carbocycles. The summed E-state index contributed by atoms with van der Waals surface area (Å²) in [6.07, 6.45) is 0. The van der Waals surface area contributed by atoms with Gasteiger partial charge in [-0.15, -0.1) is 0 Å². The van der Waals surface area contributed by atoms with Crippen LogP contribution in [0.15, 0.2) is 0 Å². The van der Waals surface area contributed by atoms with Crippen molar-refractivity contribution in [1.82, 2.24) is 0 Å². The van der Waals surface area contributed by atoms with Crippen LogP contribution in [0.25, 0.3) is 0 Å². The standard InChI is InChI=1S/B.Cr.Mo.V. The van der Waals surface area contributed by atoms with Crippen LogP contribution < -0.4 is 0 Å². The molecule has 0 N–H and O–H groups in total. The Bertz CT molecular complexity index is 8.00. The molecular weight excluding hydrogens is 210 g/mol. The maximum atomic E-state index is 0. The molecule has 0 bridgehead atoms. The number of rotatable bonds is 0. The van der Waals surface area contributed by atoms with Crippen molar-refractivity contribution < 1.29 is 57.0 Å². The summed E-state index contributed by atoms with van der Waals surface area (Å²) >= 11 is 0. The summed E-state index contributed by atoms with van der Waals surface area (Å²) in [4.78, 5) is 0. The van der Waals surface area contributed by atoms with Gasteiger partial charge in [-0.25, -0.2) is 0 Å². The van der Waals surface area contributed by atoms with E-state index in [9.17, 15) is 0 Å². The zero-order chi connectivity index (χ0) is 0. The minimum absolute atomic E-state index is 0. The molecule has 0 saturated carbocycles. The first-order valence-electron chi connectivity index (χ1n) is 0. The topological polar surface area (TPSA) is 0 Å². The molecule has 0 rings (SSSR count). The molecule has 4 heteroatoms. The predicted molar refractivity (Wildman–Crippen MR) is 5.75 cm³/mol. The fourth-order valence-electron chi connectivity index (χ4n) is 0. The van der Waals surface area contributed by atoms with Gasteiger partial charge in [-0.3, -0.25) is 0 Å². The fourth-order valence-corrected chi connectivity index (χ4v) is 0. The van der Waals surface area contributed by atoms with Gasteiger partial charge >= 0.3 is 0 Å². The minimum atomic E-state index is 0. The van der Waals surface area contributed by atoms with Crippen LogP contribution in [0.4, 0.5) is 0 Å². The SMILES string of the molecule is [B].[Cr].[Mo].[V]. The molecule has 0 aliphatic carbocycles. The fraction of sp³-hybridized carbons (Fsp3) is 0. The Morgan fingerprint density at radius 3 is 1.00 bits per heavy atom. The Hall–Kier alpha value is 1.87. The largest absolute Gasteiger partial charge is 0 e. The molecule has 0 aromatic heterocycles. The third-order valence-electron chi connectivity index (χ3n) is 0. The molecule has 20 valence electrons. The van der Waals surface area contributed by atoms with Gasteiger partial charge in [-0.05, 0) is 0 Å². The summed E-state index contributed by atoms with van der Waals surface area (Å²) in [7, 11) is 0. The first-order valence-corrected chi connectivity index (χ1v) is 0. The van der Waals surface area contributed by atoms with Gasteiger partial charge in [0.1, 0.15) is 0 Å². The van der Waals surface area contributed by atoms with E-state index < -0.39 is 0 Å². The first-order chi connectivity index (χ1) is 0. The normalized spacial score (nSPS) is 0. The monoisotopic (exact) mass is 212 g/mol. The first kappa shape index (κ1) is 39.8. The van der Waals surface area contributed by atoms with E-state index in [-0.39, 0.29) is 65.4 Å². The third kappa shape index (κ3) is 9.12. The Morgan fingerprint density at radius 1 is 1.00 bits per heavy atom. The Labute approximate surface area is 65.0 Å². The molecule has 4 heavy (non-hydrogen) atoms. The van der Waals surface area contributed by atoms with E-state index in [1.807, 2.05) is 0 Å². The zero-order valence-electron chi connectivity index (χ0n) is 1.84. The van der Waals surface area contributed by atoms with Crippen molar-refractivity contribution >= 4 is 8.41 Å². The van der Waals surface area contributed by atoms with Crippen LogP contribution in [0, 0.1) is 0 Å². The number of hydrogen-bond acceptors (Lipinski definition) is 0. The third-order valence-corrected chi connectivity index (χ3v) is 0. The van der Waals surface area contributed by atoms with Crippen molar-refractivity contribution in [3.8, 4) is 0 Å². The molecule has 0 nitrogen and oxygen atoms in total. The predicted octanol–water partition coefficient (Wildman–Crippen LogP) is -0.388. The second-order valence-electron chi connectivity index (χ2n) is 0. The molecule has 0 aliphatic heterocycles. The summed E-state index contributed by atoms with van der Waals surface area (Å²) in [5.41, 5.74) is 0. The summed E-state index contributed by atoms with van der Waals surface area (Å²) < 4.78 is 0. The molecule has 0 aliphatic rings. The van der Waals surface area contributed by atoms with Crippen molar-refractivity contribution in [2.45, 2.75) is 0 Å². The van der Waals surface area contributed by atoms with E-state index in [1.165, 1.54) is 0 Å². The van der Waals surface area contributed by atoms with Gasteiger partial charge in [0.2, 0.25) is 0 Å². The van der Waals surface area contributed by atoms with Crippen molar-refractivity contribution in [1.29, 1.82) is 0 Å². The molecule has 0 fully saturated rings. The Balaban J connectivity index is 0. The molecule has 0 aromatic rings. The van der Waals surface area contributed by atoms with Crippen molar-refractivity contribution in [2.24, 2.45) is 0 Å². The Morgan fingerprint density at radius 2 is 1.00 bits per heavy atom. The maximum absolute atomic E-state index is 0.